The number of carbonyl (C=O) groups excluding carboxylic acids is 2. The summed E-state index contributed by atoms with van der Waals surface area (Å²) in [5, 5.41) is 5.73. The topological polar surface area (TPSA) is 76.7 Å². The molecule has 2 amide bonds. The van der Waals surface area contributed by atoms with Crippen molar-refractivity contribution in [3.8, 4) is 0 Å². The van der Waals surface area contributed by atoms with Gasteiger partial charge in [0.1, 0.15) is 0 Å². The maximum atomic E-state index is 11.9. The Morgan fingerprint density at radius 3 is 0.712 bits per heavy atom. The van der Waals surface area contributed by atoms with E-state index in [0.29, 0.717) is 26.3 Å². The van der Waals surface area contributed by atoms with E-state index in [2.05, 4.69) is 24.5 Å². The molecule has 52 heavy (non-hydrogen) atoms. The SMILES string of the molecule is CCCCCCCCCCCCCCCCCCCOC(=O)NCCCCCCNC(=O)OCCCCCCCCCCCCCCCCCCC. The number of rotatable bonds is 43. The molecule has 6 nitrogen and oxygen atoms in total. The minimum absolute atomic E-state index is 0.291. The standard InChI is InChI=1S/C46H92N2O4/c1-3-5-7-9-11-13-15-17-19-21-23-25-27-29-31-35-39-43-51-45(49)47-41-37-33-34-38-42-48-46(50)52-44-40-36-32-30-28-26-24-22-20-18-16-14-12-10-8-6-4-2/h3-44H2,1-2H3,(H,47,49)(H,48,50). The maximum Gasteiger partial charge on any atom is 0.407 e. The summed E-state index contributed by atoms with van der Waals surface area (Å²) in [6, 6.07) is 0. The van der Waals surface area contributed by atoms with Crippen molar-refractivity contribution in [3.05, 3.63) is 0 Å². The fraction of sp³-hybridized carbons (Fsp3) is 0.957. The molecule has 0 fully saturated rings. The molecule has 0 heterocycles. The average Bonchev–Trinajstić information content (AvgIpc) is 3.14. The van der Waals surface area contributed by atoms with Crippen LogP contribution in [0.5, 0.6) is 0 Å². The first kappa shape index (κ1) is 50.5. The van der Waals surface area contributed by atoms with Gasteiger partial charge in [-0.05, 0) is 25.7 Å². The minimum Gasteiger partial charge on any atom is -0.450 e. The minimum atomic E-state index is -0.291. The van der Waals surface area contributed by atoms with Gasteiger partial charge < -0.3 is 20.1 Å². The number of carbonyl (C=O) groups is 2. The van der Waals surface area contributed by atoms with Crippen molar-refractivity contribution in [2.45, 2.75) is 258 Å². The largest absolute Gasteiger partial charge is 0.450 e. The van der Waals surface area contributed by atoms with E-state index < -0.39 is 0 Å². The van der Waals surface area contributed by atoms with Gasteiger partial charge in [0.15, 0.2) is 0 Å². The van der Waals surface area contributed by atoms with Gasteiger partial charge in [-0.3, -0.25) is 0 Å². The van der Waals surface area contributed by atoms with E-state index in [1.807, 2.05) is 0 Å². The molecule has 0 saturated carbocycles. The van der Waals surface area contributed by atoms with Gasteiger partial charge >= 0.3 is 12.2 Å². The van der Waals surface area contributed by atoms with Gasteiger partial charge in [0.25, 0.3) is 0 Å². The number of nitrogens with one attached hydrogen (secondary N) is 2. The predicted molar refractivity (Wildman–Crippen MR) is 225 cm³/mol. The molecule has 0 aromatic carbocycles. The normalized spacial score (nSPS) is 11.2. The third kappa shape index (κ3) is 44.7. The van der Waals surface area contributed by atoms with Crippen molar-refractivity contribution in [2.75, 3.05) is 26.3 Å². The number of ether oxygens (including phenoxy) is 2. The van der Waals surface area contributed by atoms with Gasteiger partial charge in [-0.2, -0.15) is 0 Å². The highest BCUT2D eigenvalue weighted by Gasteiger charge is 2.03. The third-order valence-corrected chi connectivity index (χ3v) is 10.6. The summed E-state index contributed by atoms with van der Waals surface area (Å²) in [6.45, 7) is 6.90. The molecule has 0 aliphatic heterocycles. The summed E-state index contributed by atoms with van der Waals surface area (Å²) < 4.78 is 10.7. The fourth-order valence-corrected chi connectivity index (χ4v) is 7.07. The summed E-state index contributed by atoms with van der Waals surface area (Å²) in [5.41, 5.74) is 0. The molecule has 0 atom stereocenters. The van der Waals surface area contributed by atoms with E-state index in [0.717, 1.165) is 51.4 Å². The van der Waals surface area contributed by atoms with Crippen molar-refractivity contribution in [1.29, 1.82) is 0 Å². The monoisotopic (exact) mass is 737 g/mol. The zero-order valence-electron chi connectivity index (χ0n) is 35.3. The molecule has 6 heteroatoms. The van der Waals surface area contributed by atoms with Crippen LogP contribution in [0.4, 0.5) is 9.59 Å². The smallest absolute Gasteiger partial charge is 0.407 e. The molecule has 310 valence electrons. The number of amides is 2. The average molecular weight is 737 g/mol. The highest BCUT2D eigenvalue weighted by atomic mass is 16.6. The second-order valence-electron chi connectivity index (χ2n) is 15.9. The lowest BCUT2D eigenvalue weighted by molar-refractivity contribution is 0.142. The summed E-state index contributed by atoms with van der Waals surface area (Å²) in [6.07, 6.45) is 49.3. The van der Waals surface area contributed by atoms with Crippen molar-refractivity contribution in [1.82, 2.24) is 10.6 Å². The molecular formula is C46H92N2O4. The Balaban J connectivity index is 3.23. The van der Waals surface area contributed by atoms with Crippen LogP contribution in [0.3, 0.4) is 0 Å². The maximum absolute atomic E-state index is 11.9. The van der Waals surface area contributed by atoms with Gasteiger partial charge in [0.2, 0.25) is 0 Å². The van der Waals surface area contributed by atoms with Crippen LogP contribution in [0.1, 0.15) is 258 Å². The van der Waals surface area contributed by atoms with Crippen LogP contribution in [0.25, 0.3) is 0 Å². The Kier molecular flexibility index (Phi) is 44.4. The predicted octanol–water partition coefficient (Wildman–Crippen LogP) is 15.3. The van der Waals surface area contributed by atoms with E-state index in [-0.39, 0.29) is 12.2 Å². The number of hydrogen-bond acceptors (Lipinski definition) is 4. The van der Waals surface area contributed by atoms with Gasteiger partial charge in [-0.1, -0.05) is 232 Å². The Morgan fingerprint density at radius 2 is 0.481 bits per heavy atom. The molecule has 0 rings (SSSR count). The van der Waals surface area contributed by atoms with E-state index in [4.69, 9.17) is 9.47 Å². The highest BCUT2D eigenvalue weighted by Crippen LogP contribution is 2.16. The molecule has 0 radical (unpaired) electrons. The second kappa shape index (κ2) is 45.7. The van der Waals surface area contributed by atoms with E-state index in [9.17, 15) is 9.59 Å². The first-order valence-electron chi connectivity index (χ1n) is 23.5. The van der Waals surface area contributed by atoms with Gasteiger partial charge in [0.05, 0.1) is 13.2 Å². The van der Waals surface area contributed by atoms with Crippen LogP contribution in [0.15, 0.2) is 0 Å². The quantitative estimate of drug-likeness (QED) is 0.0611. The number of hydrogen-bond donors (Lipinski definition) is 2. The summed E-state index contributed by atoms with van der Waals surface area (Å²) in [5.74, 6) is 0. The van der Waals surface area contributed by atoms with E-state index >= 15 is 0 Å². The van der Waals surface area contributed by atoms with Crippen molar-refractivity contribution < 1.29 is 19.1 Å². The molecule has 0 aliphatic rings. The molecule has 0 aliphatic carbocycles. The van der Waals surface area contributed by atoms with Crippen molar-refractivity contribution >= 4 is 12.2 Å². The Labute approximate surface area is 325 Å². The third-order valence-electron chi connectivity index (χ3n) is 10.6. The molecule has 0 aromatic heterocycles. The lowest BCUT2D eigenvalue weighted by Gasteiger charge is -2.08. The molecule has 0 spiro atoms. The van der Waals surface area contributed by atoms with Crippen LogP contribution in [-0.2, 0) is 9.47 Å². The lowest BCUT2D eigenvalue weighted by Crippen LogP contribution is -2.26. The van der Waals surface area contributed by atoms with E-state index in [1.54, 1.807) is 0 Å². The molecule has 0 saturated heterocycles. The molecule has 0 unspecified atom stereocenters. The van der Waals surface area contributed by atoms with E-state index in [1.165, 1.54) is 193 Å². The van der Waals surface area contributed by atoms with Gasteiger partial charge in [-0.25, -0.2) is 9.59 Å². The summed E-state index contributed by atoms with van der Waals surface area (Å²) in [7, 11) is 0. The molecule has 0 bridgehead atoms. The van der Waals surface area contributed by atoms with Crippen LogP contribution < -0.4 is 10.6 Å². The van der Waals surface area contributed by atoms with Gasteiger partial charge in [-0.15, -0.1) is 0 Å². The molecule has 2 N–H and O–H groups in total. The first-order chi connectivity index (χ1) is 25.7. The molecular weight excluding hydrogens is 645 g/mol. The summed E-state index contributed by atoms with van der Waals surface area (Å²) in [4.78, 5) is 23.8. The number of unbranched alkanes of at least 4 members (excludes halogenated alkanes) is 35. The lowest BCUT2D eigenvalue weighted by atomic mass is 10.0. The Morgan fingerprint density at radius 1 is 0.288 bits per heavy atom. The Hall–Kier alpha value is -1.46. The van der Waals surface area contributed by atoms with Crippen LogP contribution in [-0.4, -0.2) is 38.5 Å². The first-order valence-corrected chi connectivity index (χ1v) is 23.5. The van der Waals surface area contributed by atoms with Crippen LogP contribution in [0.2, 0.25) is 0 Å². The molecule has 0 aromatic rings. The van der Waals surface area contributed by atoms with Gasteiger partial charge in [0, 0.05) is 13.1 Å². The second-order valence-corrected chi connectivity index (χ2v) is 15.9. The number of alkyl carbamates (subject to hydrolysis) is 2. The van der Waals surface area contributed by atoms with Crippen molar-refractivity contribution in [2.24, 2.45) is 0 Å². The fourth-order valence-electron chi connectivity index (χ4n) is 7.07. The Bertz CT molecular complexity index is 646. The zero-order chi connectivity index (χ0) is 37.7. The van der Waals surface area contributed by atoms with Crippen LogP contribution in [0, 0.1) is 0 Å². The van der Waals surface area contributed by atoms with Crippen LogP contribution >= 0.6 is 0 Å². The summed E-state index contributed by atoms with van der Waals surface area (Å²) >= 11 is 0. The van der Waals surface area contributed by atoms with Crippen molar-refractivity contribution in [3.63, 3.8) is 0 Å². The zero-order valence-corrected chi connectivity index (χ0v) is 35.3. The highest BCUT2D eigenvalue weighted by molar-refractivity contribution is 5.67.